The van der Waals surface area contributed by atoms with Gasteiger partial charge < -0.3 is 20.3 Å². The molecule has 2 amide bonds. The summed E-state index contributed by atoms with van der Waals surface area (Å²) in [5.41, 5.74) is 0. The number of carbonyl (C=O) groups is 2. The highest BCUT2D eigenvalue weighted by Crippen LogP contribution is 2.10. The standard InChI is InChI=1S/C12H23N3O3/c1-9(2)13-6-4-11(16)15-7-5-10(8-15)14-12(17)18-3/h9-10,13H,4-8H2,1-3H3,(H,14,17). The van der Waals surface area contributed by atoms with E-state index >= 15 is 0 Å². The molecule has 1 unspecified atom stereocenters. The molecule has 0 radical (unpaired) electrons. The summed E-state index contributed by atoms with van der Waals surface area (Å²) in [4.78, 5) is 24.7. The van der Waals surface area contributed by atoms with Crippen LogP contribution >= 0.6 is 0 Å². The molecule has 0 spiro atoms. The first-order valence-electron chi connectivity index (χ1n) is 6.38. The molecular formula is C12H23N3O3. The van der Waals surface area contributed by atoms with Crippen molar-refractivity contribution in [2.75, 3.05) is 26.7 Å². The molecular weight excluding hydrogens is 234 g/mol. The van der Waals surface area contributed by atoms with Gasteiger partial charge in [0.15, 0.2) is 0 Å². The fourth-order valence-corrected chi connectivity index (χ4v) is 1.96. The average Bonchev–Trinajstić information content (AvgIpc) is 2.76. The van der Waals surface area contributed by atoms with E-state index in [-0.39, 0.29) is 11.9 Å². The Balaban J connectivity index is 2.24. The Morgan fingerprint density at radius 1 is 1.44 bits per heavy atom. The minimum atomic E-state index is -0.434. The monoisotopic (exact) mass is 257 g/mol. The molecule has 1 fully saturated rings. The Kier molecular flexibility index (Phi) is 5.91. The van der Waals surface area contributed by atoms with Crippen molar-refractivity contribution in [3.05, 3.63) is 0 Å². The van der Waals surface area contributed by atoms with E-state index in [1.165, 1.54) is 7.11 Å². The van der Waals surface area contributed by atoms with Gasteiger partial charge in [-0.3, -0.25) is 4.79 Å². The van der Waals surface area contributed by atoms with Crippen LogP contribution in [0.3, 0.4) is 0 Å². The van der Waals surface area contributed by atoms with Crippen molar-refractivity contribution in [3.8, 4) is 0 Å². The molecule has 0 aromatic carbocycles. The van der Waals surface area contributed by atoms with Gasteiger partial charge in [-0.25, -0.2) is 4.79 Å². The molecule has 1 heterocycles. The molecule has 104 valence electrons. The SMILES string of the molecule is COC(=O)NC1CCN(C(=O)CCNC(C)C)C1. The second-order valence-corrected chi connectivity index (χ2v) is 4.82. The molecule has 6 nitrogen and oxygen atoms in total. The fraction of sp³-hybridized carbons (Fsp3) is 0.833. The maximum absolute atomic E-state index is 11.9. The highest BCUT2D eigenvalue weighted by Gasteiger charge is 2.26. The molecule has 1 atom stereocenters. The van der Waals surface area contributed by atoms with Gasteiger partial charge in [-0.2, -0.15) is 0 Å². The number of ether oxygens (including phenoxy) is 1. The van der Waals surface area contributed by atoms with Gasteiger partial charge in [0.1, 0.15) is 0 Å². The van der Waals surface area contributed by atoms with Crippen molar-refractivity contribution >= 4 is 12.0 Å². The molecule has 1 saturated heterocycles. The van der Waals surface area contributed by atoms with Gasteiger partial charge in [-0.1, -0.05) is 13.8 Å². The van der Waals surface area contributed by atoms with Gasteiger partial charge in [0, 0.05) is 32.1 Å². The topological polar surface area (TPSA) is 70.7 Å². The zero-order valence-electron chi connectivity index (χ0n) is 11.4. The molecule has 0 aromatic rings. The molecule has 1 aliphatic rings. The lowest BCUT2D eigenvalue weighted by Gasteiger charge is -2.17. The lowest BCUT2D eigenvalue weighted by molar-refractivity contribution is -0.130. The van der Waals surface area contributed by atoms with Crippen LogP contribution in [-0.2, 0) is 9.53 Å². The van der Waals surface area contributed by atoms with Crippen LogP contribution in [0.5, 0.6) is 0 Å². The zero-order chi connectivity index (χ0) is 13.5. The lowest BCUT2D eigenvalue weighted by atomic mass is 10.3. The first-order chi connectivity index (χ1) is 8.52. The number of hydrogen-bond acceptors (Lipinski definition) is 4. The average molecular weight is 257 g/mol. The summed E-state index contributed by atoms with van der Waals surface area (Å²) in [5, 5.41) is 5.93. The predicted molar refractivity (Wildman–Crippen MR) is 68.3 cm³/mol. The number of likely N-dealkylation sites (tertiary alicyclic amines) is 1. The van der Waals surface area contributed by atoms with Crippen LogP contribution in [0.4, 0.5) is 4.79 Å². The van der Waals surface area contributed by atoms with Crippen LogP contribution in [0, 0.1) is 0 Å². The van der Waals surface area contributed by atoms with E-state index in [1.807, 2.05) is 0 Å². The third-order valence-corrected chi connectivity index (χ3v) is 2.94. The highest BCUT2D eigenvalue weighted by molar-refractivity contribution is 5.77. The Morgan fingerprint density at radius 2 is 2.17 bits per heavy atom. The molecule has 0 saturated carbocycles. The quantitative estimate of drug-likeness (QED) is 0.744. The molecule has 18 heavy (non-hydrogen) atoms. The first kappa shape index (κ1) is 14.8. The van der Waals surface area contributed by atoms with Crippen LogP contribution in [0.2, 0.25) is 0 Å². The normalized spacial score (nSPS) is 19.1. The van der Waals surface area contributed by atoms with Gasteiger partial charge in [0.25, 0.3) is 0 Å². The Hall–Kier alpha value is -1.30. The number of amides is 2. The number of carbonyl (C=O) groups excluding carboxylic acids is 2. The Labute approximate surface area is 108 Å². The van der Waals surface area contributed by atoms with E-state index < -0.39 is 6.09 Å². The maximum Gasteiger partial charge on any atom is 0.407 e. The number of alkyl carbamates (subject to hydrolysis) is 1. The van der Waals surface area contributed by atoms with E-state index in [2.05, 4.69) is 29.2 Å². The predicted octanol–water partition coefficient (Wildman–Crippen LogP) is 0.331. The van der Waals surface area contributed by atoms with Gasteiger partial charge in [-0.05, 0) is 6.42 Å². The van der Waals surface area contributed by atoms with E-state index in [1.54, 1.807) is 4.90 Å². The summed E-state index contributed by atoms with van der Waals surface area (Å²) in [6, 6.07) is 0.407. The van der Waals surface area contributed by atoms with E-state index in [4.69, 9.17) is 0 Å². The van der Waals surface area contributed by atoms with Crippen LogP contribution in [0.1, 0.15) is 26.7 Å². The number of nitrogens with one attached hydrogen (secondary N) is 2. The first-order valence-corrected chi connectivity index (χ1v) is 6.38. The lowest BCUT2D eigenvalue weighted by Crippen LogP contribution is -2.39. The molecule has 6 heteroatoms. The summed E-state index contributed by atoms with van der Waals surface area (Å²) >= 11 is 0. The number of methoxy groups -OCH3 is 1. The smallest absolute Gasteiger partial charge is 0.407 e. The minimum absolute atomic E-state index is 0.0134. The second-order valence-electron chi connectivity index (χ2n) is 4.82. The van der Waals surface area contributed by atoms with Crippen molar-refractivity contribution < 1.29 is 14.3 Å². The van der Waals surface area contributed by atoms with Crippen LogP contribution in [0.25, 0.3) is 0 Å². The van der Waals surface area contributed by atoms with E-state index in [0.29, 0.717) is 32.1 Å². The minimum Gasteiger partial charge on any atom is -0.453 e. The van der Waals surface area contributed by atoms with Crippen molar-refractivity contribution in [3.63, 3.8) is 0 Å². The molecule has 2 N–H and O–H groups in total. The molecule has 1 rings (SSSR count). The van der Waals surface area contributed by atoms with Crippen molar-refractivity contribution in [1.82, 2.24) is 15.5 Å². The fourth-order valence-electron chi connectivity index (χ4n) is 1.96. The highest BCUT2D eigenvalue weighted by atomic mass is 16.5. The second kappa shape index (κ2) is 7.20. The summed E-state index contributed by atoms with van der Waals surface area (Å²) < 4.78 is 4.54. The van der Waals surface area contributed by atoms with Crippen molar-refractivity contribution in [2.24, 2.45) is 0 Å². The molecule has 0 bridgehead atoms. The summed E-state index contributed by atoms with van der Waals surface area (Å²) in [6.45, 7) is 6.08. The van der Waals surface area contributed by atoms with Crippen LogP contribution in [0.15, 0.2) is 0 Å². The van der Waals surface area contributed by atoms with Gasteiger partial charge in [0.05, 0.1) is 13.2 Å². The number of hydrogen-bond donors (Lipinski definition) is 2. The third-order valence-electron chi connectivity index (χ3n) is 2.94. The molecule has 0 aromatic heterocycles. The maximum atomic E-state index is 11.9. The van der Waals surface area contributed by atoms with Gasteiger partial charge >= 0.3 is 6.09 Å². The number of nitrogens with zero attached hydrogens (tertiary/aromatic N) is 1. The summed E-state index contributed by atoms with van der Waals surface area (Å²) in [6.07, 6.45) is 0.859. The van der Waals surface area contributed by atoms with Gasteiger partial charge in [-0.15, -0.1) is 0 Å². The third kappa shape index (κ3) is 4.91. The van der Waals surface area contributed by atoms with Crippen molar-refractivity contribution in [1.29, 1.82) is 0 Å². The largest absolute Gasteiger partial charge is 0.453 e. The molecule has 0 aliphatic carbocycles. The Morgan fingerprint density at radius 3 is 2.78 bits per heavy atom. The summed E-state index contributed by atoms with van der Waals surface area (Å²) in [7, 11) is 1.34. The van der Waals surface area contributed by atoms with Crippen LogP contribution < -0.4 is 10.6 Å². The van der Waals surface area contributed by atoms with E-state index in [9.17, 15) is 9.59 Å². The molecule has 1 aliphatic heterocycles. The van der Waals surface area contributed by atoms with Crippen molar-refractivity contribution in [2.45, 2.75) is 38.8 Å². The number of rotatable bonds is 5. The zero-order valence-corrected chi connectivity index (χ0v) is 11.4. The van der Waals surface area contributed by atoms with Crippen LogP contribution in [-0.4, -0.2) is 55.7 Å². The summed E-state index contributed by atoms with van der Waals surface area (Å²) in [5.74, 6) is 0.136. The van der Waals surface area contributed by atoms with E-state index in [0.717, 1.165) is 6.42 Å². The Bertz CT molecular complexity index is 294. The van der Waals surface area contributed by atoms with Gasteiger partial charge in [0.2, 0.25) is 5.91 Å².